The van der Waals surface area contributed by atoms with Gasteiger partial charge in [0.25, 0.3) is 0 Å². The fraction of sp³-hybridized carbons (Fsp3) is 0.429. The molecular weight excluding hydrogens is 240 g/mol. The van der Waals surface area contributed by atoms with E-state index in [4.69, 9.17) is 16.2 Å². The van der Waals surface area contributed by atoms with E-state index < -0.39 is 0 Å². The molecule has 0 fully saturated rings. The minimum Gasteiger partial charge on any atom is -0.496 e. The molecule has 106 valence electrons. The molecule has 0 aromatic heterocycles. The lowest BCUT2D eigenvalue weighted by molar-refractivity contribution is 0.411. The predicted molar refractivity (Wildman–Crippen MR) is 79.4 cm³/mol. The number of nitrogens with one attached hydrogen (secondary N) is 2. The lowest BCUT2D eigenvalue weighted by Gasteiger charge is -2.21. The Bertz CT molecular complexity index is 481. The summed E-state index contributed by atoms with van der Waals surface area (Å²) in [6.07, 6.45) is 0. The van der Waals surface area contributed by atoms with Crippen molar-refractivity contribution in [2.24, 2.45) is 11.5 Å². The number of hydrogen-bond donors (Lipinski definition) is 4. The van der Waals surface area contributed by atoms with E-state index in [1.54, 1.807) is 14.2 Å². The molecule has 0 radical (unpaired) electrons. The largest absolute Gasteiger partial charge is 0.496 e. The van der Waals surface area contributed by atoms with E-state index in [-0.39, 0.29) is 6.04 Å². The summed E-state index contributed by atoms with van der Waals surface area (Å²) in [5.74, 6) is 0.827. The van der Waals surface area contributed by atoms with Gasteiger partial charge in [0, 0.05) is 24.2 Å². The van der Waals surface area contributed by atoms with Crippen LogP contribution in [0.1, 0.15) is 23.6 Å². The van der Waals surface area contributed by atoms with E-state index in [9.17, 15) is 0 Å². The highest BCUT2D eigenvalue weighted by atomic mass is 16.5. The summed E-state index contributed by atoms with van der Waals surface area (Å²) in [6, 6.07) is 3.72. The number of rotatable bonds is 5. The Balaban J connectivity index is 3.51. The van der Waals surface area contributed by atoms with E-state index in [2.05, 4.69) is 10.9 Å². The minimum atomic E-state index is -0.235. The first-order chi connectivity index (χ1) is 8.93. The summed E-state index contributed by atoms with van der Waals surface area (Å²) in [7, 11) is 3.45. The molecule has 5 heteroatoms. The third kappa shape index (κ3) is 3.19. The van der Waals surface area contributed by atoms with Gasteiger partial charge >= 0.3 is 0 Å². The first-order valence-electron chi connectivity index (χ1n) is 6.26. The number of hydrazine groups is 1. The number of hydrogen-bond acceptors (Lipinski definition) is 5. The molecule has 19 heavy (non-hydrogen) atoms. The van der Waals surface area contributed by atoms with Crippen LogP contribution in [0.2, 0.25) is 0 Å². The normalized spacial score (nSPS) is 13.8. The predicted octanol–water partition coefficient (Wildman–Crippen LogP) is 1.01. The highest BCUT2D eigenvalue weighted by Crippen LogP contribution is 2.29. The molecule has 0 amide bonds. The number of aryl methyl sites for hydroxylation is 1. The Hall–Kier alpha value is -1.72. The van der Waals surface area contributed by atoms with Crippen LogP contribution in [0.4, 0.5) is 0 Å². The topological polar surface area (TPSA) is 85.3 Å². The molecule has 0 saturated heterocycles. The monoisotopic (exact) mass is 264 g/mol. The molecule has 6 N–H and O–H groups in total. The summed E-state index contributed by atoms with van der Waals surface area (Å²) in [5, 5.41) is 0. The van der Waals surface area contributed by atoms with Gasteiger partial charge < -0.3 is 21.6 Å². The van der Waals surface area contributed by atoms with E-state index in [0.717, 1.165) is 28.1 Å². The van der Waals surface area contributed by atoms with Crippen molar-refractivity contribution in [3.63, 3.8) is 0 Å². The molecule has 1 aromatic carbocycles. The van der Waals surface area contributed by atoms with Crippen LogP contribution in [-0.4, -0.2) is 20.2 Å². The SMILES string of the molecule is CNN/C(=C(/N)C(C)N)c1c(C)ccc(OC)c1C. The van der Waals surface area contributed by atoms with Crippen LogP contribution in [0.15, 0.2) is 17.8 Å². The number of nitrogens with two attached hydrogens (primary N) is 2. The molecule has 0 saturated carbocycles. The van der Waals surface area contributed by atoms with Crippen molar-refractivity contribution in [1.82, 2.24) is 10.9 Å². The maximum Gasteiger partial charge on any atom is 0.122 e. The maximum absolute atomic E-state index is 6.12. The second-order valence-corrected chi connectivity index (χ2v) is 4.58. The summed E-state index contributed by atoms with van der Waals surface area (Å²) in [6.45, 7) is 5.90. The number of ether oxygens (including phenoxy) is 1. The third-order valence-corrected chi connectivity index (χ3v) is 3.12. The zero-order valence-corrected chi connectivity index (χ0v) is 12.3. The highest BCUT2D eigenvalue weighted by molar-refractivity contribution is 5.73. The Morgan fingerprint density at radius 1 is 1.32 bits per heavy atom. The van der Waals surface area contributed by atoms with Gasteiger partial charge in [0.05, 0.1) is 18.5 Å². The van der Waals surface area contributed by atoms with Gasteiger partial charge in [-0.1, -0.05) is 6.07 Å². The van der Waals surface area contributed by atoms with Crippen molar-refractivity contribution in [3.8, 4) is 5.75 Å². The van der Waals surface area contributed by atoms with Crippen LogP contribution in [-0.2, 0) is 0 Å². The van der Waals surface area contributed by atoms with Crippen LogP contribution in [0.5, 0.6) is 5.75 Å². The summed E-state index contributed by atoms with van der Waals surface area (Å²) < 4.78 is 5.37. The van der Waals surface area contributed by atoms with Crippen molar-refractivity contribution in [3.05, 3.63) is 34.5 Å². The standard InChI is InChI=1S/C14H24N4O/c1-8-6-7-11(19-5)9(2)12(8)14(18-17-4)13(16)10(3)15/h6-7,10,17-18H,15-16H2,1-5H3/b14-13+. The van der Waals surface area contributed by atoms with E-state index >= 15 is 0 Å². The van der Waals surface area contributed by atoms with Gasteiger partial charge in [0.15, 0.2) is 0 Å². The summed E-state index contributed by atoms with van der Waals surface area (Å²) >= 11 is 0. The van der Waals surface area contributed by atoms with Gasteiger partial charge in [-0.2, -0.15) is 0 Å². The van der Waals surface area contributed by atoms with Gasteiger partial charge in [-0.05, 0) is 32.4 Å². The number of methoxy groups -OCH3 is 1. The molecular formula is C14H24N4O. The fourth-order valence-corrected chi connectivity index (χ4v) is 2.07. The van der Waals surface area contributed by atoms with Crippen molar-refractivity contribution >= 4 is 5.70 Å². The quantitative estimate of drug-likeness (QED) is 0.596. The van der Waals surface area contributed by atoms with Crippen molar-refractivity contribution in [2.45, 2.75) is 26.8 Å². The second-order valence-electron chi connectivity index (χ2n) is 4.58. The second kappa shape index (κ2) is 6.45. The zero-order valence-electron chi connectivity index (χ0n) is 12.3. The van der Waals surface area contributed by atoms with E-state index in [1.807, 2.05) is 32.9 Å². The van der Waals surface area contributed by atoms with Crippen LogP contribution < -0.4 is 27.1 Å². The average Bonchev–Trinajstić information content (AvgIpc) is 2.37. The van der Waals surface area contributed by atoms with Gasteiger partial charge in [0.2, 0.25) is 0 Å². The average molecular weight is 264 g/mol. The van der Waals surface area contributed by atoms with Gasteiger partial charge in [-0.25, -0.2) is 5.43 Å². The molecule has 0 aliphatic rings. The molecule has 0 heterocycles. The molecule has 0 bridgehead atoms. The van der Waals surface area contributed by atoms with Gasteiger partial charge in [-0.15, -0.1) is 0 Å². The fourth-order valence-electron chi connectivity index (χ4n) is 2.07. The maximum atomic E-state index is 6.12. The summed E-state index contributed by atoms with van der Waals surface area (Å²) in [5.41, 5.74) is 22.6. The summed E-state index contributed by atoms with van der Waals surface area (Å²) in [4.78, 5) is 0. The van der Waals surface area contributed by atoms with E-state index in [0.29, 0.717) is 5.70 Å². The molecule has 1 unspecified atom stereocenters. The smallest absolute Gasteiger partial charge is 0.122 e. The molecule has 0 spiro atoms. The number of benzene rings is 1. The third-order valence-electron chi connectivity index (χ3n) is 3.12. The van der Waals surface area contributed by atoms with Crippen molar-refractivity contribution < 1.29 is 4.74 Å². The van der Waals surface area contributed by atoms with Crippen molar-refractivity contribution in [2.75, 3.05) is 14.2 Å². The minimum absolute atomic E-state index is 0.235. The Morgan fingerprint density at radius 3 is 2.42 bits per heavy atom. The first-order valence-corrected chi connectivity index (χ1v) is 6.26. The molecule has 1 aromatic rings. The molecule has 5 nitrogen and oxygen atoms in total. The Morgan fingerprint density at radius 2 is 1.95 bits per heavy atom. The zero-order chi connectivity index (χ0) is 14.6. The molecule has 0 aliphatic heterocycles. The lowest BCUT2D eigenvalue weighted by Crippen LogP contribution is -2.34. The van der Waals surface area contributed by atoms with Crippen LogP contribution in [0.25, 0.3) is 5.70 Å². The van der Waals surface area contributed by atoms with Gasteiger partial charge in [0.1, 0.15) is 5.75 Å². The van der Waals surface area contributed by atoms with E-state index in [1.165, 1.54) is 0 Å². The van der Waals surface area contributed by atoms with Crippen LogP contribution >= 0.6 is 0 Å². The molecule has 0 aliphatic carbocycles. The first kappa shape index (κ1) is 15.3. The van der Waals surface area contributed by atoms with Crippen LogP contribution in [0.3, 0.4) is 0 Å². The molecule has 1 atom stereocenters. The van der Waals surface area contributed by atoms with Crippen LogP contribution in [0, 0.1) is 13.8 Å². The van der Waals surface area contributed by atoms with Gasteiger partial charge in [-0.3, -0.25) is 0 Å². The van der Waals surface area contributed by atoms with Crippen molar-refractivity contribution in [1.29, 1.82) is 0 Å². The Kier molecular flexibility index (Phi) is 5.20. The highest BCUT2D eigenvalue weighted by Gasteiger charge is 2.16. The Labute approximate surface area is 115 Å². The lowest BCUT2D eigenvalue weighted by atomic mass is 9.97. The molecule has 1 rings (SSSR count).